The molecule has 1 aromatic carbocycles. The van der Waals surface area contributed by atoms with Crippen molar-refractivity contribution in [2.24, 2.45) is 28.6 Å². The second kappa shape index (κ2) is 16.2. The van der Waals surface area contributed by atoms with E-state index in [1.165, 1.54) is 9.80 Å². The third-order valence-corrected chi connectivity index (χ3v) is 9.58. The summed E-state index contributed by atoms with van der Waals surface area (Å²) in [5.74, 6) is -4.37. The third kappa shape index (κ3) is 10.1. The van der Waals surface area contributed by atoms with Crippen LogP contribution in [-0.4, -0.2) is 103 Å². The van der Waals surface area contributed by atoms with Crippen LogP contribution < -0.4 is 21.3 Å². The Morgan fingerprint density at radius 1 is 0.941 bits per heavy atom. The number of likely N-dealkylation sites (tertiary alicyclic amines) is 1. The van der Waals surface area contributed by atoms with Crippen molar-refractivity contribution in [3.63, 3.8) is 0 Å². The molecule has 1 saturated heterocycles. The van der Waals surface area contributed by atoms with Gasteiger partial charge in [0.05, 0.1) is 18.7 Å². The summed E-state index contributed by atoms with van der Waals surface area (Å²) in [5, 5.41) is 10.4. The minimum absolute atomic E-state index is 0.0283. The van der Waals surface area contributed by atoms with Crippen molar-refractivity contribution in [1.29, 1.82) is 0 Å². The number of fused-ring (bicyclic) bond motifs is 1. The number of ketones is 1. The molecular weight excluding hydrogens is 656 g/mol. The van der Waals surface area contributed by atoms with Gasteiger partial charge in [-0.1, -0.05) is 78.8 Å². The van der Waals surface area contributed by atoms with Gasteiger partial charge in [0.1, 0.15) is 18.1 Å². The van der Waals surface area contributed by atoms with Crippen LogP contribution in [0.25, 0.3) is 0 Å². The van der Waals surface area contributed by atoms with Gasteiger partial charge in [0.25, 0.3) is 5.91 Å². The summed E-state index contributed by atoms with van der Waals surface area (Å²) >= 11 is 0. The number of amides is 6. The number of hydrogen-bond donors (Lipinski definition) is 4. The minimum atomic E-state index is -1.23. The molecule has 0 radical (unpaired) electrons. The molecule has 1 aliphatic heterocycles. The van der Waals surface area contributed by atoms with Gasteiger partial charge < -0.3 is 35.8 Å². The van der Waals surface area contributed by atoms with E-state index in [1.54, 1.807) is 79.0 Å². The topological polar surface area (TPSA) is 183 Å². The predicted molar refractivity (Wildman–Crippen MR) is 190 cm³/mol. The van der Waals surface area contributed by atoms with Crippen molar-refractivity contribution < 1.29 is 38.3 Å². The fraction of sp³-hybridized carbons (Fsp3) is 0.649. The molecule has 1 saturated carbocycles. The Bertz CT molecular complexity index is 1490. The predicted octanol–water partition coefficient (Wildman–Crippen LogP) is 2.18. The van der Waals surface area contributed by atoms with Gasteiger partial charge in [-0.3, -0.25) is 28.8 Å². The Kier molecular flexibility index (Phi) is 13.0. The number of ether oxygens (including phenoxy) is 1. The Balaban J connectivity index is 1.76. The van der Waals surface area contributed by atoms with E-state index in [4.69, 9.17) is 4.74 Å². The van der Waals surface area contributed by atoms with Crippen LogP contribution in [0.5, 0.6) is 0 Å². The summed E-state index contributed by atoms with van der Waals surface area (Å²) in [5.41, 5.74) is -0.418. The summed E-state index contributed by atoms with van der Waals surface area (Å²) in [6, 6.07) is 4.45. The fourth-order valence-corrected chi connectivity index (χ4v) is 6.76. The highest BCUT2D eigenvalue weighted by Crippen LogP contribution is 2.65. The highest BCUT2D eigenvalue weighted by Gasteiger charge is 2.70. The maximum Gasteiger partial charge on any atom is 0.408 e. The Morgan fingerprint density at radius 2 is 1.55 bits per heavy atom. The summed E-state index contributed by atoms with van der Waals surface area (Å²) in [7, 11) is 3.12. The molecule has 0 bridgehead atoms. The summed E-state index contributed by atoms with van der Waals surface area (Å²) in [4.78, 5) is 95.9. The average Bonchev–Trinajstić information content (AvgIpc) is 3.33. The molecule has 0 spiro atoms. The highest BCUT2D eigenvalue weighted by atomic mass is 16.6. The van der Waals surface area contributed by atoms with Crippen molar-refractivity contribution >= 4 is 41.4 Å². The number of carbonyl (C=O) groups excluding carboxylic acids is 7. The zero-order valence-corrected chi connectivity index (χ0v) is 31.8. The molecule has 6 atom stereocenters. The lowest BCUT2D eigenvalue weighted by molar-refractivity contribution is -0.145. The lowest BCUT2D eigenvalue weighted by Gasteiger charge is -2.37. The smallest absolute Gasteiger partial charge is 0.408 e. The first kappa shape index (κ1) is 40.9. The minimum Gasteiger partial charge on any atom is -0.447 e. The third-order valence-electron chi connectivity index (χ3n) is 9.58. The maximum absolute atomic E-state index is 14.1. The number of Topliss-reactive ketones (excluding diaryl/α,β-unsaturated/α-hetero) is 1. The summed E-state index contributed by atoms with van der Waals surface area (Å²) < 4.78 is 5.24. The SMILES string of the molecule is CC(C)C[C@H](NC(=O)[C@@H]1[C@@H]2[C@H](CN1C(=O)[C@@H](NC(=O)OC(C)C)C(C)(C)C)C2(C)C)C(=O)C(=O)NCC(=O)N[C@H](C(=O)N(C)C)c1ccccc1. The second-order valence-electron chi connectivity index (χ2n) is 16.2. The molecule has 51 heavy (non-hydrogen) atoms. The van der Waals surface area contributed by atoms with Gasteiger partial charge >= 0.3 is 6.09 Å². The average molecular weight is 713 g/mol. The van der Waals surface area contributed by atoms with Gasteiger partial charge in [-0.25, -0.2) is 4.79 Å². The maximum atomic E-state index is 14.1. The Labute approximate surface area is 301 Å². The fourth-order valence-electron chi connectivity index (χ4n) is 6.76. The first-order valence-electron chi connectivity index (χ1n) is 17.5. The van der Waals surface area contributed by atoms with E-state index in [1.807, 2.05) is 27.7 Å². The number of piperidine rings is 1. The van der Waals surface area contributed by atoms with E-state index in [2.05, 4.69) is 21.3 Å². The van der Waals surface area contributed by atoms with E-state index >= 15 is 0 Å². The highest BCUT2D eigenvalue weighted by molar-refractivity contribution is 6.38. The van der Waals surface area contributed by atoms with Crippen LogP contribution in [0, 0.1) is 28.6 Å². The molecule has 2 aliphatic rings. The molecular formula is C37H56N6O8. The number of benzene rings is 1. The van der Waals surface area contributed by atoms with Crippen LogP contribution in [0.15, 0.2) is 30.3 Å². The number of carbonyl (C=O) groups is 7. The molecule has 4 N–H and O–H groups in total. The van der Waals surface area contributed by atoms with E-state index in [0.29, 0.717) is 12.1 Å². The lowest BCUT2D eigenvalue weighted by Crippen LogP contribution is -2.60. The van der Waals surface area contributed by atoms with Crippen molar-refractivity contribution in [2.75, 3.05) is 27.2 Å². The van der Waals surface area contributed by atoms with Crippen molar-refractivity contribution in [3.05, 3.63) is 35.9 Å². The quantitative estimate of drug-likeness (QED) is 0.212. The van der Waals surface area contributed by atoms with Crippen molar-refractivity contribution in [2.45, 2.75) is 99.0 Å². The molecule has 0 aromatic heterocycles. The van der Waals surface area contributed by atoms with Gasteiger partial charge in [-0.2, -0.15) is 0 Å². The monoisotopic (exact) mass is 712 g/mol. The zero-order valence-electron chi connectivity index (χ0n) is 31.8. The Hall–Kier alpha value is -4.49. The normalized spacial score (nSPS) is 20.7. The molecule has 6 amide bonds. The molecule has 1 aliphatic carbocycles. The molecule has 1 aromatic rings. The van der Waals surface area contributed by atoms with Gasteiger partial charge in [0.2, 0.25) is 29.4 Å². The molecule has 14 heteroatoms. The zero-order chi connectivity index (χ0) is 38.6. The van der Waals surface area contributed by atoms with Crippen LogP contribution in [0.2, 0.25) is 0 Å². The number of nitrogens with one attached hydrogen (secondary N) is 4. The van der Waals surface area contributed by atoms with Gasteiger partial charge in [0.15, 0.2) is 0 Å². The standard InChI is InChI=1S/C37H56N6O8/c1-20(2)17-24(29(45)32(47)38-18-25(44)40-27(33(48)42(10)11)22-15-13-12-14-16-22)39-31(46)28-26-23(37(26,8)9)19-43(28)34(49)30(36(5,6)7)41-35(50)51-21(3)4/h12-16,20-21,23-24,26-28,30H,17-19H2,1-11H3,(H,38,47)(H,39,46)(H,40,44)(H,41,50)/t23-,24-,26-,27-,28-,30+/m0/s1. The molecule has 0 unspecified atom stereocenters. The number of likely N-dealkylation sites (N-methyl/N-ethyl adjacent to an activating group) is 1. The van der Waals surface area contributed by atoms with Gasteiger partial charge in [-0.15, -0.1) is 0 Å². The lowest BCUT2D eigenvalue weighted by atomic mass is 9.85. The van der Waals surface area contributed by atoms with E-state index in [9.17, 15) is 33.6 Å². The van der Waals surface area contributed by atoms with E-state index in [-0.39, 0.29) is 35.5 Å². The largest absolute Gasteiger partial charge is 0.447 e. The van der Waals surface area contributed by atoms with Gasteiger partial charge in [-0.05, 0) is 54.4 Å². The summed E-state index contributed by atoms with van der Waals surface area (Å²) in [6.45, 7) is 16.2. The Morgan fingerprint density at radius 3 is 2.08 bits per heavy atom. The van der Waals surface area contributed by atoms with Crippen molar-refractivity contribution in [3.8, 4) is 0 Å². The van der Waals surface area contributed by atoms with Crippen LogP contribution in [0.3, 0.4) is 0 Å². The number of nitrogens with zero attached hydrogens (tertiary/aromatic N) is 2. The number of hydrogen-bond acceptors (Lipinski definition) is 8. The number of rotatable bonds is 14. The first-order chi connectivity index (χ1) is 23.6. The van der Waals surface area contributed by atoms with E-state index in [0.717, 1.165) is 0 Å². The second-order valence-corrected chi connectivity index (χ2v) is 16.2. The molecule has 2 fully saturated rings. The van der Waals surface area contributed by atoms with Crippen LogP contribution >= 0.6 is 0 Å². The van der Waals surface area contributed by atoms with Crippen LogP contribution in [-0.2, 0) is 33.5 Å². The van der Waals surface area contributed by atoms with Crippen molar-refractivity contribution in [1.82, 2.24) is 31.1 Å². The molecule has 282 valence electrons. The summed E-state index contributed by atoms with van der Waals surface area (Å²) in [6.07, 6.45) is -1.02. The van der Waals surface area contributed by atoms with Crippen LogP contribution in [0.1, 0.15) is 80.3 Å². The molecule has 14 nitrogen and oxygen atoms in total. The molecule has 1 heterocycles. The van der Waals surface area contributed by atoms with Crippen LogP contribution in [0.4, 0.5) is 4.79 Å². The molecule has 3 rings (SSSR count). The van der Waals surface area contributed by atoms with Gasteiger partial charge in [0, 0.05) is 20.6 Å². The number of alkyl carbamates (subject to hydrolysis) is 1. The van der Waals surface area contributed by atoms with E-state index < -0.39 is 77.7 Å². The first-order valence-corrected chi connectivity index (χ1v) is 17.5.